The van der Waals surface area contributed by atoms with Crippen molar-refractivity contribution in [3.63, 3.8) is 0 Å². The van der Waals surface area contributed by atoms with Crippen LogP contribution in [0.25, 0.3) is 22.3 Å². The molecule has 3 nitrogen and oxygen atoms in total. The summed E-state index contributed by atoms with van der Waals surface area (Å²) in [6.07, 6.45) is 0.983. The first-order valence-electron chi connectivity index (χ1n) is 7.38. The Balaban J connectivity index is 2.12. The standard InChI is InChI=1S/C19H14FNO2S2/c1-12-3-4-13(7-15(12)9-21)16-10-24-11-17(16)14-5-6-19(18(20)8-14)25(2,22)23/h3-8,10-11H,1-2H3. The van der Waals surface area contributed by atoms with Crippen LogP contribution in [0, 0.1) is 24.1 Å². The molecule has 0 bridgehead atoms. The van der Waals surface area contributed by atoms with E-state index in [2.05, 4.69) is 6.07 Å². The van der Waals surface area contributed by atoms with E-state index in [1.807, 2.05) is 35.9 Å². The number of nitriles is 1. The zero-order valence-electron chi connectivity index (χ0n) is 13.6. The van der Waals surface area contributed by atoms with Crippen LogP contribution in [0.4, 0.5) is 4.39 Å². The second kappa shape index (κ2) is 6.43. The Kier molecular flexibility index (Phi) is 4.46. The van der Waals surface area contributed by atoms with E-state index >= 15 is 0 Å². The van der Waals surface area contributed by atoms with Crippen molar-refractivity contribution in [2.24, 2.45) is 0 Å². The van der Waals surface area contributed by atoms with Gasteiger partial charge in [0.1, 0.15) is 10.7 Å². The molecule has 0 saturated carbocycles. The number of sulfone groups is 1. The largest absolute Gasteiger partial charge is 0.224 e. The fourth-order valence-corrected chi connectivity index (χ4v) is 4.22. The van der Waals surface area contributed by atoms with Gasteiger partial charge in [0.2, 0.25) is 0 Å². The van der Waals surface area contributed by atoms with Gasteiger partial charge in [-0.25, -0.2) is 12.8 Å². The lowest BCUT2D eigenvalue weighted by atomic mass is 9.96. The molecule has 3 rings (SSSR count). The molecule has 0 unspecified atom stereocenters. The van der Waals surface area contributed by atoms with Crippen molar-refractivity contribution in [3.8, 4) is 28.3 Å². The molecule has 0 spiro atoms. The summed E-state index contributed by atoms with van der Waals surface area (Å²) in [6.45, 7) is 1.87. The highest BCUT2D eigenvalue weighted by molar-refractivity contribution is 7.90. The van der Waals surface area contributed by atoms with Crippen LogP contribution in [0.3, 0.4) is 0 Å². The summed E-state index contributed by atoms with van der Waals surface area (Å²) in [4.78, 5) is -0.310. The van der Waals surface area contributed by atoms with Crippen LogP contribution in [0.1, 0.15) is 11.1 Å². The smallest absolute Gasteiger partial charge is 0.178 e. The SMILES string of the molecule is Cc1ccc(-c2cscc2-c2ccc(S(C)(=O)=O)c(F)c2)cc1C#N. The lowest BCUT2D eigenvalue weighted by Crippen LogP contribution is -2.00. The van der Waals surface area contributed by atoms with Gasteiger partial charge in [0.25, 0.3) is 0 Å². The van der Waals surface area contributed by atoms with Crippen LogP contribution in [-0.4, -0.2) is 14.7 Å². The Morgan fingerprint density at radius 3 is 2.20 bits per heavy atom. The minimum atomic E-state index is -3.60. The first-order chi connectivity index (χ1) is 11.8. The van der Waals surface area contributed by atoms with Gasteiger partial charge in [0.15, 0.2) is 9.84 Å². The van der Waals surface area contributed by atoms with Crippen molar-refractivity contribution in [1.29, 1.82) is 5.26 Å². The molecule has 1 heterocycles. The maximum Gasteiger partial charge on any atom is 0.178 e. The quantitative estimate of drug-likeness (QED) is 0.664. The van der Waals surface area contributed by atoms with Gasteiger partial charge in [0, 0.05) is 17.4 Å². The molecule has 126 valence electrons. The van der Waals surface area contributed by atoms with Gasteiger partial charge in [-0.2, -0.15) is 16.6 Å². The molecule has 2 aromatic carbocycles. The average Bonchev–Trinajstić information content (AvgIpc) is 3.03. The van der Waals surface area contributed by atoms with Crippen molar-refractivity contribution in [3.05, 3.63) is 64.1 Å². The molecule has 0 aliphatic heterocycles. The molecular weight excluding hydrogens is 357 g/mol. The van der Waals surface area contributed by atoms with Crippen molar-refractivity contribution in [2.45, 2.75) is 11.8 Å². The van der Waals surface area contributed by atoms with Gasteiger partial charge in [-0.15, -0.1) is 0 Å². The van der Waals surface area contributed by atoms with Gasteiger partial charge in [-0.1, -0.05) is 18.2 Å². The first-order valence-corrected chi connectivity index (χ1v) is 10.2. The molecule has 0 saturated heterocycles. The van der Waals surface area contributed by atoms with E-state index in [-0.39, 0.29) is 4.90 Å². The third-order valence-electron chi connectivity index (χ3n) is 3.97. The first kappa shape index (κ1) is 17.3. The summed E-state index contributed by atoms with van der Waals surface area (Å²) in [6, 6.07) is 11.9. The van der Waals surface area contributed by atoms with Crippen LogP contribution < -0.4 is 0 Å². The molecule has 3 aromatic rings. The predicted molar refractivity (Wildman–Crippen MR) is 97.7 cm³/mol. The molecular formula is C19H14FNO2S2. The Hall–Kier alpha value is -2.49. The van der Waals surface area contributed by atoms with Crippen LogP contribution in [0.5, 0.6) is 0 Å². The lowest BCUT2D eigenvalue weighted by Gasteiger charge is -2.08. The zero-order valence-corrected chi connectivity index (χ0v) is 15.2. The number of nitrogens with zero attached hydrogens (tertiary/aromatic N) is 1. The van der Waals surface area contributed by atoms with Gasteiger partial charge in [-0.05, 0) is 52.6 Å². The number of rotatable bonds is 3. The van der Waals surface area contributed by atoms with Crippen molar-refractivity contribution >= 4 is 21.2 Å². The third-order valence-corrected chi connectivity index (χ3v) is 5.85. The Morgan fingerprint density at radius 1 is 1.04 bits per heavy atom. The monoisotopic (exact) mass is 371 g/mol. The second-order valence-corrected chi connectivity index (χ2v) is 8.49. The van der Waals surface area contributed by atoms with Crippen LogP contribution in [-0.2, 0) is 9.84 Å². The summed E-state index contributed by atoms with van der Waals surface area (Å²) in [5.41, 5.74) is 4.63. The minimum absolute atomic E-state index is 0.310. The molecule has 0 N–H and O–H groups in total. The number of hydrogen-bond donors (Lipinski definition) is 0. The van der Waals surface area contributed by atoms with Gasteiger partial charge < -0.3 is 0 Å². The van der Waals surface area contributed by atoms with E-state index in [0.29, 0.717) is 11.1 Å². The number of halogens is 1. The summed E-state index contributed by atoms with van der Waals surface area (Å²) < 4.78 is 37.4. The van der Waals surface area contributed by atoms with Crippen molar-refractivity contribution in [1.82, 2.24) is 0 Å². The summed E-state index contributed by atoms with van der Waals surface area (Å²) >= 11 is 1.47. The molecule has 0 amide bonds. The average molecular weight is 371 g/mol. The van der Waals surface area contributed by atoms with E-state index in [9.17, 15) is 18.1 Å². The number of benzene rings is 2. The molecule has 0 radical (unpaired) electrons. The fourth-order valence-electron chi connectivity index (χ4n) is 2.62. The van der Waals surface area contributed by atoms with Gasteiger partial charge in [-0.3, -0.25) is 0 Å². The number of aryl methyl sites for hydroxylation is 1. The highest BCUT2D eigenvalue weighted by Crippen LogP contribution is 2.36. The van der Waals surface area contributed by atoms with Crippen molar-refractivity contribution in [2.75, 3.05) is 6.26 Å². The fraction of sp³-hybridized carbons (Fsp3) is 0.105. The molecule has 0 aliphatic rings. The second-order valence-electron chi connectivity index (χ2n) is 5.76. The minimum Gasteiger partial charge on any atom is -0.224 e. The molecule has 0 aliphatic carbocycles. The lowest BCUT2D eigenvalue weighted by molar-refractivity contribution is 0.571. The van der Waals surface area contributed by atoms with Gasteiger partial charge >= 0.3 is 0 Å². The zero-order chi connectivity index (χ0) is 18.2. The Labute approximate surface area is 149 Å². The summed E-state index contributed by atoms with van der Waals surface area (Å²) in [5.74, 6) is -0.765. The van der Waals surface area contributed by atoms with E-state index in [4.69, 9.17) is 0 Å². The number of thiophene rings is 1. The predicted octanol–water partition coefficient (Wildman–Crippen LogP) is 4.80. The van der Waals surface area contributed by atoms with E-state index < -0.39 is 15.7 Å². The van der Waals surface area contributed by atoms with E-state index in [0.717, 1.165) is 28.5 Å². The maximum atomic E-state index is 14.2. The van der Waals surface area contributed by atoms with E-state index in [1.54, 1.807) is 6.07 Å². The van der Waals surface area contributed by atoms with Crippen molar-refractivity contribution < 1.29 is 12.8 Å². The van der Waals surface area contributed by atoms with Gasteiger partial charge in [0.05, 0.1) is 11.6 Å². The summed E-state index contributed by atoms with van der Waals surface area (Å²) in [5, 5.41) is 13.0. The number of hydrogen-bond acceptors (Lipinski definition) is 4. The maximum absolute atomic E-state index is 14.2. The highest BCUT2D eigenvalue weighted by atomic mass is 32.2. The van der Waals surface area contributed by atoms with E-state index in [1.165, 1.54) is 23.5 Å². The highest BCUT2D eigenvalue weighted by Gasteiger charge is 2.16. The molecule has 25 heavy (non-hydrogen) atoms. The normalized spacial score (nSPS) is 11.3. The topological polar surface area (TPSA) is 57.9 Å². The van der Waals surface area contributed by atoms with Crippen LogP contribution >= 0.6 is 11.3 Å². The Bertz CT molecular complexity index is 1110. The van der Waals surface area contributed by atoms with Crippen LogP contribution in [0.2, 0.25) is 0 Å². The molecule has 1 aromatic heterocycles. The summed E-state index contributed by atoms with van der Waals surface area (Å²) in [7, 11) is -3.60. The Morgan fingerprint density at radius 2 is 1.64 bits per heavy atom. The molecule has 6 heteroatoms. The molecule has 0 atom stereocenters. The van der Waals surface area contributed by atoms with Crippen LogP contribution in [0.15, 0.2) is 52.1 Å². The third kappa shape index (κ3) is 3.34. The molecule has 0 fully saturated rings.